The lowest BCUT2D eigenvalue weighted by Crippen LogP contribution is -2.51. The molecule has 6 nitrogen and oxygen atoms in total. The fourth-order valence-electron chi connectivity index (χ4n) is 0.989. The smallest absolute Gasteiger partial charge is 0.245 e. The molecule has 0 aliphatic heterocycles. The molecular weight excluding hydrogens is 242 g/mol. The third kappa shape index (κ3) is 4.95. The van der Waals surface area contributed by atoms with E-state index in [4.69, 9.17) is 4.74 Å². The summed E-state index contributed by atoms with van der Waals surface area (Å²) in [5.41, 5.74) is -0.441. The Hall–Kier alpha value is -0.760. The number of nitrogens with zero attached hydrogens (tertiary/aromatic N) is 2. The maximum absolute atomic E-state index is 9.68. The van der Waals surface area contributed by atoms with E-state index in [1.807, 2.05) is 13.8 Å². The number of nitrogens with one attached hydrogen (secondary N) is 1. The van der Waals surface area contributed by atoms with Gasteiger partial charge in [-0.05, 0) is 20.8 Å². The SMILES string of the molecule is CC(O)C(C)(C)NCC(O)COc1cnsn1. The van der Waals surface area contributed by atoms with Gasteiger partial charge in [-0.1, -0.05) is 0 Å². The average Bonchev–Trinajstić information content (AvgIpc) is 2.76. The summed E-state index contributed by atoms with van der Waals surface area (Å²) < 4.78 is 12.9. The Bertz CT molecular complexity index is 317. The summed E-state index contributed by atoms with van der Waals surface area (Å²) in [6, 6.07) is 0. The molecule has 0 amide bonds. The van der Waals surface area contributed by atoms with E-state index in [1.165, 1.54) is 6.20 Å². The van der Waals surface area contributed by atoms with Gasteiger partial charge in [-0.2, -0.15) is 4.37 Å². The number of ether oxygens (including phenoxy) is 1. The van der Waals surface area contributed by atoms with Gasteiger partial charge in [0.05, 0.1) is 17.8 Å². The van der Waals surface area contributed by atoms with Gasteiger partial charge in [-0.15, -0.1) is 4.37 Å². The first kappa shape index (κ1) is 14.3. The van der Waals surface area contributed by atoms with E-state index in [0.717, 1.165) is 11.7 Å². The van der Waals surface area contributed by atoms with E-state index >= 15 is 0 Å². The minimum absolute atomic E-state index is 0.147. The predicted octanol–water partition coefficient (Wildman–Crippen LogP) is 0.0268. The third-order valence-corrected chi connectivity index (χ3v) is 3.06. The van der Waals surface area contributed by atoms with Crippen molar-refractivity contribution in [2.24, 2.45) is 0 Å². The van der Waals surface area contributed by atoms with Gasteiger partial charge in [0.25, 0.3) is 0 Å². The molecule has 0 aromatic carbocycles. The van der Waals surface area contributed by atoms with Crippen molar-refractivity contribution in [2.45, 2.75) is 38.5 Å². The van der Waals surface area contributed by atoms with Crippen LogP contribution in [0, 0.1) is 0 Å². The molecule has 0 aliphatic rings. The van der Waals surface area contributed by atoms with E-state index in [9.17, 15) is 10.2 Å². The van der Waals surface area contributed by atoms with E-state index in [2.05, 4.69) is 14.1 Å². The van der Waals surface area contributed by atoms with Crippen molar-refractivity contribution in [1.29, 1.82) is 0 Å². The maximum Gasteiger partial charge on any atom is 0.245 e. The maximum atomic E-state index is 9.68. The highest BCUT2D eigenvalue weighted by molar-refractivity contribution is 6.99. The van der Waals surface area contributed by atoms with Crippen LogP contribution in [0.25, 0.3) is 0 Å². The summed E-state index contributed by atoms with van der Waals surface area (Å²) in [5, 5.41) is 22.2. The fraction of sp³-hybridized carbons (Fsp3) is 0.800. The second kappa shape index (κ2) is 6.25. The van der Waals surface area contributed by atoms with Gasteiger partial charge in [0.1, 0.15) is 18.9 Å². The van der Waals surface area contributed by atoms with Crippen LogP contribution < -0.4 is 10.1 Å². The van der Waals surface area contributed by atoms with Crippen molar-refractivity contribution in [3.8, 4) is 5.88 Å². The highest BCUT2D eigenvalue weighted by Gasteiger charge is 2.24. The molecule has 1 aromatic rings. The van der Waals surface area contributed by atoms with Crippen LogP contribution in [-0.2, 0) is 0 Å². The third-order valence-electron chi connectivity index (χ3n) is 2.60. The van der Waals surface area contributed by atoms with Gasteiger partial charge in [0.15, 0.2) is 0 Å². The number of hydrogen-bond acceptors (Lipinski definition) is 7. The van der Waals surface area contributed by atoms with Gasteiger partial charge >= 0.3 is 0 Å². The van der Waals surface area contributed by atoms with E-state index in [0.29, 0.717) is 12.4 Å². The molecule has 3 N–H and O–H groups in total. The first-order chi connectivity index (χ1) is 7.92. The molecule has 1 aromatic heterocycles. The fourth-order valence-corrected chi connectivity index (χ4v) is 1.35. The van der Waals surface area contributed by atoms with Gasteiger partial charge in [-0.25, -0.2) is 0 Å². The van der Waals surface area contributed by atoms with Crippen LogP contribution in [0.1, 0.15) is 20.8 Å². The van der Waals surface area contributed by atoms with Crippen LogP contribution in [-0.4, -0.2) is 49.9 Å². The average molecular weight is 261 g/mol. The van der Waals surface area contributed by atoms with E-state index in [1.54, 1.807) is 6.92 Å². The Kier molecular flexibility index (Phi) is 5.26. The Morgan fingerprint density at radius 1 is 1.53 bits per heavy atom. The number of β-amino-alcohol motifs (C(OH)–C–C–N with tert-alkyl or cyclic N) is 1. The van der Waals surface area contributed by atoms with Crippen molar-refractivity contribution in [1.82, 2.24) is 14.1 Å². The molecule has 2 atom stereocenters. The number of rotatable bonds is 7. The van der Waals surface area contributed by atoms with Crippen LogP contribution >= 0.6 is 11.7 Å². The summed E-state index contributed by atoms with van der Waals surface area (Å²) in [7, 11) is 0. The summed E-state index contributed by atoms with van der Waals surface area (Å²) in [5.74, 6) is 0.420. The Balaban J connectivity index is 2.23. The summed E-state index contributed by atoms with van der Waals surface area (Å²) in [6.45, 7) is 5.94. The number of hydrogen-bond donors (Lipinski definition) is 3. The van der Waals surface area contributed by atoms with Gasteiger partial charge < -0.3 is 20.3 Å². The van der Waals surface area contributed by atoms with Gasteiger partial charge in [-0.3, -0.25) is 0 Å². The number of aliphatic hydroxyl groups excluding tert-OH is 2. The van der Waals surface area contributed by atoms with Crippen molar-refractivity contribution >= 4 is 11.7 Å². The molecule has 1 heterocycles. The molecule has 0 radical (unpaired) electrons. The quantitative estimate of drug-likeness (QED) is 0.642. The standard InChI is InChI=1S/C10H19N3O3S/c1-7(14)10(2,3)11-4-8(15)6-16-9-5-12-17-13-9/h5,7-8,11,14-15H,4,6H2,1-3H3. The molecule has 98 valence electrons. The molecule has 0 saturated heterocycles. The van der Waals surface area contributed by atoms with Crippen molar-refractivity contribution in [2.75, 3.05) is 13.2 Å². The molecular formula is C10H19N3O3S. The number of aliphatic hydroxyl groups is 2. The molecule has 0 saturated carbocycles. The molecule has 0 bridgehead atoms. The topological polar surface area (TPSA) is 87.5 Å². The summed E-state index contributed by atoms with van der Waals surface area (Å²) in [4.78, 5) is 0. The van der Waals surface area contributed by atoms with Crippen molar-refractivity contribution < 1.29 is 14.9 Å². The lowest BCUT2D eigenvalue weighted by atomic mass is 9.99. The Labute approximate surface area is 105 Å². The molecule has 0 aliphatic carbocycles. The number of aromatic nitrogens is 2. The van der Waals surface area contributed by atoms with E-state index < -0.39 is 17.7 Å². The lowest BCUT2D eigenvalue weighted by molar-refractivity contribution is 0.0641. The van der Waals surface area contributed by atoms with Gasteiger partial charge in [0, 0.05) is 12.1 Å². The lowest BCUT2D eigenvalue weighted by Gasteiger charge is -2.30. The monoisotopic (exact) mass is 261 g/mol. The second-order valence-electron chi connectivity index (χ2n) is 4.49. The van der Waals surface area contributed by atoms with E-state index in [-0.39, 0.29) is 6.61 Å². The Morgan fingerprint density at radius 3 is 2.76 bits per heavy atom. The molecule has 2 unspecified atom stereocenters. The van der Waals surface area contributed by atoms with Crippen molar-refractivity contribution in [3.63, 3.8) is 0 Å². The molecule has 7 heteroatoms. The van der Waals surface area contributed by atoms with Crippen LogP contribution in [0.2, 0.25) is 0 Å². The van der Waals surface area contributed by atoms with Crippen molar-refractivity contribution in [3.05, 3.63) is 6.20 Å². The predicted molar refractivity (Wildman–Crippen MR) is 65.2 cm³/mol. The Morgan fingerprint density at radius 2 is 2.24 bits per heavy atom. The second-order valence-corrected chi connectivity index (χ2v) is 5.05. The normalized spacial score (nSPS) is 15.6. The van der Waals surface area contributed by atoms with Crippen LogP contribution in [0.3, 0.4) is 0 Å². The molecule has 17 heavy (non-hydrogen) atoms. The first-order valence-corrected chi connectivity index (χ1v) is 6.16. The molecule has 0 fully saturated rings. The highest BCUT2D eigenvalue weighted by atomic mass is 32.1. The first-order valence-electron chi connectivity index (χ1n) is 5.43. The zero-order chi connectivity index (χ0) is 12.9. The summed E-state index contributed by atoms with van der Waals surface area (Å²) in [6.07, 6.45) is 0.345. The minimum atomic E-state index is -0.658. The zero-order valence-electron chi connectivity index (χ0n) is 10.3. The van der Waals surface area contributed by atoms with Crippen LogP contribution in [0.4, 0.5) is 0 Å². The van der Waals surface area contributed by atoms with Crippen LogP contribution in [0.5, 0.6) is 5.88 Å². The molecule has 1 rings (SSSR count). The zero-order valence-corrected chi connectivity index (χ0v) is 11.1. The van der Waals surface area contributed by atoms with Crippen LogP contribution in [0.15, 0.2) is 6.20 Å². The summed E-state index contributed by atoms with van der Waals surface area (Å²) >= 11 is 1.06. The largest absolute Gasteiger partial charge is 0.473 e. The molecule has 0 spiro atoms. The minimum Gasteiger partial charge on any atom is -0.473 e. The van der Waals surface area contributed by atoms with Gasteiger partial charge in [0.2, 0.25) is 5.88 Å². The highest BCUT2D eigenvalue weighted by Crippen LogP contribution is 2.08.